The van der Waals surface area contributed by atoms with E-state index in [4.69, 9.17) is 0 Å². The maximum Gasteiger partial charge on any atom is 0.123 e. The van der Waals surface area contributed by atoms with Crippen molar-refractivity contribution in [2.75, 3.05) is 31.1 Å². The van der Waals surface area contributed by atoms with Gasteiger partial charge in [-0.25, -0.2) is 4.39 Å². The lowest BCUT2D eigenvalue weighted by Crippen LogP contribution is -2.49. The Balaban J connectivity index is 1.47. The summed E-state index contributed by atoms with van der Waals surface area (Å²) < 4.78 is 13.0. The Morgan fingerprint density at radius 3 is 2.22 bits per heavy atom. The monoisotopic (exact) mass is 312 g/mol. The molecule has 0 saturated carbocycles. The van der Waals surface area contributed by atoms with Crippen LogP contribution in [0.15, 0.2) is 54.6 Å². The standard InChI is InChI=1S/C20H25FN2/c1-17(7-8-18-5-3-2-4-6-18)22-13-15-23(16-14-22)20-11-9-19(21)10-12-20/h2-6,9-12,17H,7-8,13-16H2,1H3/t17-/m0/s1. The zero-order chi connectivity index (χ0) is 16.1. The molecule has 1 saturated heterocycles. The van der Waals surface area contributed by atoms with Crippen molar-refractivity contribution in [3.63, 3.8) is 0 Å². The molecule has 122 valence electrons. The Kier molecular flexibility index (Phi) is 5.29. The molecule has 2 nitrogen and oxygen atoms in total. The number of hydrogen-bond donors (Lipinski definition) is 0. The molecule has 1 aliphatic heterocycles. The molecule has 1 aliphatic rings. The summed E-state index contributed by atoms with van der Waals surface area (Å²) in [6.45, 7) is 6.51. The lowest BCUT2D eigenvalue weighted by Gasteiger charge is -2.39. The van der Waals surface area contributed by atoms with E-state index in [1.165, 1.54) is 12.0 Å². The highest BCUT2D eigenvalue weighted by molar-refractivity contribution is 5.46. The van der Waals surface area contributed by atoms with Crippen molar-refractivity contribution >= 4 is 5.69 Å². The van der Waals surface area contributed by atoms with Crippen LogP contribution in [-0.2, 0) is 6.42 Å². The first-order valence-corrected chi connectivity index (χ1v) is 8.51. The molecule has 0 aliphatic carbocycles. The summed E-state index contributed by atoms with van der Waals surface area (Å²) in [5.74, 6) is -0.165. The zero-order valence-corrected chi connectivity index (χ0v) is 13.8. The van der Waals surface area contributed by atoms with E-state index < -0.39 is 0 Å². The van der Waals surface area contributed by atoms with E-state index in [-0.39, 0.29) is 5.82 Å². The molecule has 0 amide bonds. The average molecular weight is 312 g/mol. The molecule has 1 heterocycles. The van der Waals surface area contributed by atoms with Crippen LogP contribution < -0.4 is 4.90 Å². The van der Waals surface area contributed by atoms with Gasteiger partial charge in [-0.2, -0.15) is 0 Å². The molecule has 0 bridgehead atoms. The fraction of sp³-hybridized carbons (Fsp3) is 0.400. The summed E-state index contributed by atoms with van der Waals surface area (Å²) in [5.41, 5.74) is 2.55. The molecule has 2 aromatic carbocycles. The van der Waals surface area contributed by atoms with E-state index in [0.29, 0.717) is 6.04 Å². The zero-order valence-electron chi connectivity index (χ0n) is 13.8. The Morgan fingerprint density at radius 1 is 0.913 bits per heavy atom. The highest BCUT2D eigenvalue weighted by Crippen LogP contribution is 2.19. The Bertz CT molecular complexity index is 589. The molecule has 0 spiro atoms. The second kappa shape index (κ2) is 7.60. The number of aryl methyl sites for hydroxylation is 1. The summed E-state index contributed by atoms with van der Waals surface area (Å²) in [6, 6.07) is 18.2. The Hall–Kier alpha value is -1.87. The fourth-order valence-corrected chi connectivity index (χ4v) is 3.28. The second-order valence-corrected chi connectivity index (χ2v) is 6.37. The summed E-state index contributed by atoms with van der Waals surface area (Å²) >= 11 is 0. The van der Waals surface area contributed by atoms with Crippen molar-refractivity contribution in [2.24, 2.45) is 0 Å². The van der Waals surface area contributed by atoms with Crippen molar-refractivity contribution < 1.29 is 4.39 Å². The van der Waals surface area contributed by atoms with E-state index in [1.807, 2.05) is 12.1 Å². The number of nitrogens with zero attached hydrogens (tertiary/aromatic N) is 2. The Labute approximate surface area is 138 Å². The first-order valence-electron chi connectivity index (χ1n) is 8.51. The summed E-state index contributed by atoms with van der Waals surface area (Å²) in [5, 5.41) is 0. The van der Waals surface area contributed by atoms with Gasteiger partial charge in [0, 0.05) is 37.9 Å². The minimum absolute atomic E-state index is 0.165. The molecule has 0 unspecified atom stereocenters. The van der Waals surface area contributed by atoms with Gasteiger partial charge in [-0.1, -0.05) is 30.3 Å². The highest BCUT2D eigenvalue weighted by atomic mass is 19.1. The van der Waals surface area contributed by atoms with Crippen molar-refractivity contribution in [3.05, 3.63) is 66.0 Å². The van der Waals surface area contributed by atoms with Crippen molar-refractivity contribution in [1.29, 1.82) is 0 Å². The Morgan fingerprint density at radius 2 is 1.57 bits per heavy atom. The van der Waals surface area contributed by atoms with Crippen LogP contribution in [-0.4, -0.2) is 37.1 Å². The summed E-state index contributed by atoms with van der Waals surface area (Å²) in [7, 11) is 0. The predicted octanol–water partition coefficient (Wildman–Crippen LogP) is 3.97. The first-order chi connectivity index (χ1) is 11.2. The van der Waals surface area contributed by atoms with Crippen LogP contribution in [0.5, 0.6) is 0 Å². The molecule has 0 N–H and O–H groups in total. The molecule has 2 aromatic rings. The smallest absolute Gasteiger partial charge is 0.123 e. The van der Waals surface area contributed by atoms with Crippen LogP contribution >= 0.6 is 0 Å². The third-order valence-corrected chi connectivity index (χ3v) is 4.82. The molecule has 0 aromatic heterocycles. The average Bonchev–Trinajstić information content (AvgIpc) is 2.61. The van der Waals surface area contributed by atoms with Crippen molar-refractivity contribution in [2.45, 2.75) is 25.8 Å². The van der Waals surface area contributed by atoms with E-state index in [9.17, 15) is 4.39 Å². The summed E-state index contributed by atoms with van der Waals surface area (Å²) in [6.07, 6.45) is 2.33. The maximum absolute atomic E-state index is 13.0. The van der Waals surface area contributed by atoms with Gasteiger partial charge in [0.1, 0.15) is 5.82 Å². The van der Waals surface area contributed by atoms with Gasteiger partial charge < -0.3 is 4.90 Å². The topological polar surface area (TPSA) is 6.48 Å². The molecule has 1 atom stereocenters. The van der Waals surface area contributed by atoms with Crippen molar-refractivity contribution in [1.82, 2.24) is 4.90 Å². The number of piperazine rings is 1. The number of benzene rings is 2. The minimum atomic E-state index is -0.165. The molecular weight excluding hydrogens is 287 g/mol. The number of hydrogen-bond acceptors (Lipinski definition) is 2. The van der Waals surface area contributed by atoms with Gasteiger partial charge in [-0.3, -0.25) is 4.90 Å². The largest absolute Gasteiger partial charge is 0.369 e. The SMILES string of the molecule is C[C@@H](CCc1ccccc1)N1CCN(c2ccc(F)cc2)CC1. The molecule has 3 heteroatoms. The van der Waals surface area contributed by atoms with Gasteiger partial charge in [0.25, 0.3) is 0 Å². The lowest BCUT2D eigenvalue weighted by molar-refractivity contribution is 0.189. The van der Waals surface area contributed by atoms with E-state index in [0.717, 1.165) is 38.3 Å². The van der Waals surface area contributed by atoms with Gasteiger partial charge in [-0.05, 0) is 49.6 Å². The van der Waals surface area contributed by atoms with Gasteiger partial charge in [0.15, 0.2) is 0 Å². The van der Waals surface area contributed by atoms with Crippen LogP contribution in [0, 0.1) is 5.82 Å². The van der Waals surface area contributed by atoms with Crippen LogP contribution in [0.4, 0.5) is 10.1 Å². The number of anilines is 1. The van der Waals surface area contributed by atoms with E-state index in [2.05, 4.69) is 47.1 Å². The van der Waals surface area contributed by atoms with E-state index >= 15 is 0 Å². The number of halogens is 1. The molecule has 23 heavy (non-hydrogen) atoms. The molecule has 3 rings (SSSR count). The van der Waals surface area contributed by atoms with Crippen LogP contribution in [0.1, 0.15) is 18.9 Å². The van der Waals surface area contributed by atoms with Crippen molar-refractivity contribution in [3.8, 4) is 0 Å². The second-order valence-electron chi connectivity index (χ2n) is 6.37. The van der Waals surface area contributed by atoms with Gasteiger partial charge in [0.05, 0.1) is 0 Å². The summed E-state index contributed by atoms with van der Waals surface area (Å²) in [4.78, 5) is 4.92. The van der Waals surface area contributed by atoms with Gasteiger partial charge in [0.2, 0.25) is 0 Å². The molecular formula is C20H25FN2. The lowest BCUT2D eigenvalue weighted by atomic mass is 10.0. The van der Waals surface area contributed by atoms with Gasteiger partial charge >= 0.3 is 0 Å². The molecule has 0 radical (unpaired) electrons. The third kappa shape index (κ3) is 4.32. The van der Waals surface area contributed by atoms with E-state index in [1.54, 1.807) is 12.1 Å². The predicted molar refractivity (Wildman–Crippen MR) is 94.4 cm³/mol. The maximum atomic E-state index is 13.0. The third-order valence-electron chi connectivity index (χ3n) is 4.82. The number of rotatable bonds is 5. The molecule has 1 fully saturated rings. The first kappa shape index (κ1) is 16.0. The van der Waals surface area contributed by atoms with Crippen LogP contribution in [0.25, 0.3) is 0 Å². The van der Waals surface area contributed by atoms with Gasteiger partial charge in [-0.15, -0.1) is 0 Å². The quantitative estimate of drug-likeness (QED) is 0.824. The highest BCUT2D eigenvalue weighted by Gasteiger charge is 2.21. The fourth-order valence-electron chi connectivity index (χ4n) is 3.28. The van der Waals surface area contributed by atoms with Crippen LogP contribution in [0.3, 0.4) is 0 Å². The van der Waals surface area contributed by atoms with Crippen LogP contribution in [0.2, 0.25) is 0 Å². The normalized spacial score (nSPS) is 17.2. The minimum Gasteiger partial charge on any atom is -0.369 e.